The van der Waals surface area contributed by atoms with Crippen molar-refractivity contribution in [3.63, 3.8) is 0 Å². The predicted octanol–water partition coefficient (Wildman–Crippen LogP) is 4.46. The first-order valence-corrected chi connectivity index (χ1v) is 10.3. The summed E-state index contributed by atoms with van der Waals surface area (Å²) in [5.74, 6) is 0.187. The lowest BCUT2D eigenvalue weighted by Crippen LogP contribution is -2.48. The summed E-state index contributed by atoms with van der Waals surface area (Å²) in [5, 5.41) is 10.5. The van der Waals surface area contributed by atoms with Crippen molar-refractivity contribution in [2.75, 3.05) is 19.8 Å². The van der Waals surface area contributed by atoms with Gasteiger partial charge in [0.2, 0.25) is 0 Å². The molecule has 0 bridgehead atoms. The van der Waals surface area contributed by atoms with Gasteiger partial charge in [-0.05, 0) is 37.8 Å². The van der Waals surface area contributed by atoms with Gasteiger partial charge in [0, 0.05) is 24.5 Å². The van der Waals surface area contributed by atoms with E-state index in [9.17, 15) is 5.11 Å². The number of nitrogens with zero attached hydrogens (tertiary/aromatic N) is 1. The van der Waals surface area contributed by atoms with E-state index >= 15 is 0 Å². The Hall–Kier alpha value is -1.68. The van der Waals surface area contributed by atoms with Crippen LogP contribution in [0.3, 0.4) is 0 Å². The number of aliphatic hydroxyl groups is 1. The molecule has 146 valence electrons. The van der Waals surface area contributed by atoms with Crippen LogP contribution >= 0.6 is 0 Å². The van der Waals surface area contributed by atoms with E-state index in [2.05, 4.69) is 67.3 Å². The summed E-state index contributed by atoms with van der Waals surface area (Å²) in [7, 11) is 0. The second-order valence-electron chi connectivity index (χ2n) is 7.89. The fourth-order valence-electron chi connectivity index (χ4n) is 4.21. The second-order valence-corrected chi connectivity index (χ2v) is 7.89. The average molecular weight is 368 g/mol. The van der Waals surface area contributed by atoms with Gasteiger partial charge in [0.25, 0.3) is 0 Å². The molecule has 1 heterocycles. The summed E-state index contributed by atoms with van der Waals surface area (Å²) in [6.45, 7) is 6.19. The molecule has 3 nitrogen and oxygen atoms in total. The Labute approximate surface area is 164 Å². The largest absolute Gasteiger partial charge is 0.389 e. The fourth-order valence-corrected chi connectivity index (χ4v) is 4.21. The molecule has 3 rings (SSSR count). The molecule has 3 atom stereocenters. The van der Waals surface area contributed by atoms with Gasteiger partial charge in [-0.2, -0.15) is 0 Å². The molecule has 1 aliphatic rings. The van der Waals surface area contributed by atoms with E-state index < -0.39 is 6.10 Å². The molecule has 2 aromatic rings. The van der Waals surface area contributed by atoms with Gasteiger partial charge in [-0.25, -0.2) is 0 Å². The summed E-state index contributed by atoms with van der Waals surface area (Å²) in [4.78, 5) is 2.43. The first-order chi connectivity index (χ1) is 13.1. The molecular formula is C24H33NO2. The van der Waals surface area contributed by atoms with Crippen molar-refractivity contribution in [3.05, 3.63) is 71.8 Å². The van der Waals surface area contributed by atoms with Crippen LogP contribution in [-0.2, 0) is 4.74 Å². The van der Waals surface area contributed by atoms with Crippen LogP contribution in [0.2, 0.25) is 0 Å². The van der Waals surface area contributed by atoms with Crippen molar-refractivity contribution < 1.29 is 9.84 Å². The topological polar surface area (TPSA) is 32.7 Å². The maximum Gasteiger partial charge on any atom is 0.0900 e. The highest BCUT2D eigenvalue weighted by atomic mass is 16.5. The number of aliphatic hydroxyl groups excluding tert-OH is 1. The van der Waals surface area contributed by atoms with E-state index in [1.165, 1.54) is 30.4 Å². The maximum atomic E-state index is 10.5. The number of rotatable bonds is 8. The molecule has 1 aliphatic heterocycles. The Morgan fingerprint density at radius 1 is 0.889 bits per heavy atom. The second kappa shape index (κ2) is 10.0. The minimum Gasteiger partial charge on any atom is -0.389 e. The van der Waals surface area contributed by atoms with Crippen LogP contribution in [0.1, 0.15) is 50.2 Å². The number of piperidine rings is 1. The molecular weight excluding hydrogens is 334 g/mol. The van der Waals surface area contributed by atoms with E-state index in [0.717, 1.165) is 0 Å². The zero-order chi connectivity index (χ0) is 19.1. The van der Waals surface area contributed by atoms with Gasteiger partial charge in [0.1, 0.15) is 0 Å². The van der Waals surface area contributed by atoms with Gasteiger partial charge < -0.3 is 9.84 Å². The van der Waals surface area contributed by atoms with Gasteiger partial charge in [0.05, 0.1) is 19.3 Å². The third-order valence-corrected chi connectivity index (χ3v) is 5.80. The number of benzene rings is 2. The van der Waals surface area contributed by atoms with Crippen molar-refractivity contribution in [3.8, 4) is 0 Å². The van der Waals surface area contributed by atoms with E-state index in [1.807, 2.05) is 12.1 Å². The quantitative estimate of drug-likeness (QED) is 0.748. The minimum atomic E-state index is -0.444. The summed E-state index contributed by atoms with van der Waals surface area (Å²) in [5.41, 5.74) is 2.49. The highest BCUT2D eigenvalue weighted by Gasteiger charge is 2.26. The molecule has 0 radical (unpaired) electrons. The molecule has 0 aliphatic carbocycles. The predicted molar refractivity (Wildman–Crippen MR) is 111 cm³/mol. The van der Waals surface area contributed by atoms with E-state index in [4.69, 9.17) is 4.74 Å². The normalized spacial score (nSPS) is 22.1. The molecule has 27 heavy (non-hydrogen) atoms. The maximum absolute atomic E-state index is 10.5. The number of ether oxygens (including phenoxy) is 1. The van der Waals surface area contributed by atoms with Crippen LogP contribution in [0.4, 0.5) is 0 Å². The van der Waals surface area contributed by atoms with Crippen LogP contribution in [0.15, 0.2) is 60.7 Å². The van der Waals surface area contributed by atoms with Gasteiger partial charge >= 0.3 is 0 Å². The van der Waals surface area contributed by atoms with Gasteiger partial charge in [-0.3, -0.25) is 4.90 Å². The third-order valence-electron chi connectivity index (χ3n) is 5.80. The molecule has 0 amide bonds. The molecule has 0 unspecified atom stereocenters. The van der Waals surface area contributed by atoms with E-state index in [0.29, 0.717) is 31.8 Å². The molecule has 1 fully saturated rings. The third kappa shape index (κ3) is 5.65. The van der Waals surface area contributed by atoms with Crippen molar-refractivity contribution in [1.29, 1.82) is 0 Å². The lowest BCUT2D eigenvalue weighted by atomic mass is 9.92. The standard InChI is InChI=1S/C24H33NO2/c1-19-10-9-11-20(2)25(19)16-23(26)17-27-18-24(21-12-5-3-6-13-21)22-14-7-4-8-15-22/h3-8,12-15,19-20,23-24,26H,9-11,16-18H2,1-2H3/t19-,20+,23-/m1/s1. The molecule has 0 saturated carbocycles. The average Bonchev–Trinajstić information content (AvgIpc) is 2.69. The first kappa shape index (κ1) is 20.1. The van der Waals surface area contributed by atoms with Crippen LogP contribution in [0.5, 0.6) is 0 Å². The fraction of sp³-hybridized carbons (Fsp3) is 0.500. The molecule has 1 saturated heterocycles. The Kier molecular flexibility index (Phi) is 7.45. The first-order valence-electron chi connectivity index (χ1n) is 10.3. The Balaban J connectivity index is 1.56. The Morgan fingerprint density at radius 3 is 1.93 bits per heavy atom. The Morgan fingerprint density at radius 2 is 1.41 bits per heavy atom. The van der Waals surface area contributed by atoms with Crippen LogP contribution in [-0.4, -0.2) is 48.0 Å². The van der Waals surface area contributed by atoms with Gasteiger partial charge in [-0.15, -0.1) is 0 Å². The van der Waals surface area contributed by atoms with Crippen LogP contribution in [0, 0.1) is 0 Å². The van der Waals surface area contributed by atoms with Crippen molar-refractivity contribution in [1.82, 2.24) is 4.90 Å². The zero-order valence-corrected chi connectivity index (χ0v) is 16.6. The highest BCUT2D eigenvalue weighted by Crippen LogP contribution is 2.25. The molecule has 3 heteroatoms. The Bertz CT molecular complexity index is 611. The van der Waals surface area contributed by atoms with E-state index in [-0.39, 0.29) is 5.92 Å². The molecule has 0 aromatic heterocycles. The number of hydrogen-bond donors (Lipinski definition) is 1. The lowest BCUT2D eigenvalue weighted by molar-refractivity contribution is -0.0103. The van der Waals surface area contributed by atoms with Crippen LogP contribution < -0.4 is 0 Å². The highest BCUT2D eigenvalue weighted by molar-refractivity contribution is 5.32. The van der Waals surface area contributed by atoms with Crippen molar-refractivity contribution >= 4 is 0 Å². The summed E-state index contributed by atoms with van der Waals surface area (Å²) in [6.07, 6.45) is 3.30. The van der Waals surface area contributed by atoms with Crippen molar-refractivity contribution in [2.45, 2.75) is 57.2 Å². The number of β-amino-alcohol motifs (C(OH)–C–C–N with tert-alkyl or cyclic N) is 1. The molecule has 0 spiro atoms. The number of hydrogen-bond acceptors (Lipinski definition) is 3. The number of likely N-dealkylation sites (tertiary alicyclic amines) is 1. The lowest BCUT2D eigenvalue weighted by Gasteiger charge is -2.40. The smallest absolute Gasteiger partial charge is 0.0900 e. The summed E-state index contributed by atoms with van der Waals surface area (Å²) < 4.78 is 6.00. The van der Waals surface area contributed by atoms with Gasteiger partial charge in [-0.1, -0.05) is 67.1 Å². The summed E-state index contributed by atoms with van der Waals surface area (Å²) in [6, 6.07) is 22.0. The summed E-state index contributed by atoms with van der Waals surface area (Å²) >= 11 is 0. The van der Waals surface area contributed by atoms with Crippen LogP contribution in [0.25, 0.3) is 0 Å². The molecule has 2 aromatic carbocycles. The minimum absolute atomic E-state index is 0.187. The van der Waals surface area contributed by atoms with Crippen molar-refractivity contribution in [2.24, 2.45) is 0 Å². The van der Waals surface area contributed by atoms with Gasteiger partial charge in [0.15, 0.2) is 0 Å². The SMILES string of the molecule is C[C@@H]1CCC[C@H](C)N1C[C@@H](O)COCC(c1ccccc1)c1ccccc1. The molecule has 1 N–H and O–H groups in total. The van der Waals surface area contributed by atoms with E-state index in [1.54, 1.807) is 0 Å². The zero-order valence-electron chi connectivity index (χ0n) is 16.6. The monoisotopic (exact) mass is 367 g/mol.